The third-order valence-corrected chi connectivity index (χ3v) is 2.15. The monoisotopic (exact) mass is 267 g/mol. The van der Waals surface area contributed by atoms with Crippen molar-refractivity contribution in [2.45, 2.75) is 19.0 Å². The SMILES string of the molecule is COc1cc(OCCCC(F)(F)F)c(N)cc1F. The molecule has 1 aromatic carbocycles. The minimum atomic E-state index is -4.21. The van der Waals surface area contributed by atoms with Gasteiger partial charge in [0.05, 0.1) is 19.4 Å². The van der Waals surface area contributed by atoms with E-state index in [2.05, 4.69) is 0 Å². The van der Waals surface area contributed by atoms with Crippen molar-refractivity contribution in [3.8, 4) is 11.5 Å². The third kappa shape index (κ3) is 4.31. The molecule has 0 atom stereocenters. The number of hydrogen-bond acceptors (Lipinski definition) is 3. The van der Waals surface area contributed by atoms with E-state index >= 15 is 0 Å². The quantitative estimate of drug-likeness (QED) is 0.506. The first kappa shape index (κ1) is 14.4. The number of hydrogen-bond donors (Lipinski definition) is 1. The fourth-order valence-corrected chi connectivity index (χ4v) is 1.29. The molecule has 0 aliphatic heterocycles. The van der Waals surface area contributed by atoms with Crippen LogP contribution >= 0.6 is 0 Å². The van der Waals surface area contributed by atoms with Crippen LogP contribution in [0, 0.1) is 5.82 Å². The maximum absolute atomic E-state index is 13.2. The van der Waals surface area contributed by atoms with Crippen molar-refractivity contribution in [2.75, 3.05) is 19.5 Å². The van der Waals surface area contributed by atoms with Crippen LogP contribution in [0.1, 0.15) is 12.8 Å². The number of anilines is 1. The topological polar surface area (TPSA) is 44.5 Å². The van der Waals surface area contributed by atoms with Crippen LogP contribution in [0.2, 0.25) is 0 Å². The molecule has 0 heterocycles. The van der Waals surface area contributed by atoms with Crippen LogP contribution in [0.3, 0.4) is 0 Å². The molecule has 3 nitrogen and oxygen atoms in total. The van der Waals surface area contributed by atoms with E-state index in [1.807, 2.05) is 0 Å². The summed E-state index contributed by atoms with van der Waals surface area (Å²) in [5, 5.41) is 0. The molecule has 0 aromatic heterocycles. The summed E-state index contributed by atoms with van der Waals surface area (Å²) in [7, 11) is 1.27. The smallest absolute Gasteiger partial charge is 0.389 e. The molecule has 2 N–H and O–H groups in total. The number of nitrogen functional groups attached to an aromatic ring is 1. The minimum absolute atomic E-state index is 0.0142. The second-order valence-corrected chi connectivity index (χ2v) is 3.59. The van der Waals surface area contributed by atoms with Crippen molar-refractivity contribution in [3.05, 3.63) is 17.9 Å². The minimum Gasteiger partial charge on any atom is -0.494 e. The van der Waals surface area contributed by atoms with E-state index in [1.165, 1.54) is 13.2 Å². The number of benzene rings is 1. The molecule has 0 spiro atoms. The number of ether oxygens (including phenoxy) is 2. The molecule has 0 fully saturated rings. The standard InChI is InChI=1S/C11H13F4NO2/c1-17-9-6-10(8(16)5-7(9)12)18-4-2-3-11(13,14)15/h5-6H,2-4,16H2,1H3. The van der Waals surface area contributed by atoms with E-state index in [-0.39, 0.29) is 30.2 Å². The van der Waals surface area contributed by atoms with Crippen LogP contribution in [-0.4, -0.2) is 19.9 Å². The van der Waals surface area contributed by atoms with Gasteiger partial charge >= 0.3 is 6.18 Å². The molecule has 0 aliphatic rings. The van der Waals surface area contributed by atoms with Gasteiger partial charge in [0.2, 0.25) is 0 Å². The number of methoxy groups -OCH3 is 1. The van der Waals surface area contributed by atoms with E-state index in [9.17, 15) is 17.6 Å². The molecular formula is C11H13F4NO2. The number of nitrogens with two attached hydrogens (primary N) is 1. The highest BCUT2D eigenvalue weighted by molar-refractivity contribution is 5.56. The van der Waals surface area contributed by atoms with Gasteiger partial charge in [0, 0.05) is 18.6 Å². The zero-order chi connectivity index (χ0) is 13.8. The van der Waals surface area contributed by atoms with Gasteiger partial charge < -0.3 is 15.2 Å². The lowest BCUT2D eigenvalue weighted by atomic mass is 10.2. The summed E-state index contributed by atoms with van der Waals surface area (Å²) in [6, 6.07) is 2.20. The highest BCUT2D eigenvalue weighted by atomic mass is 19.4. The van der Waals surface area contributed by atoms with E-state index in [1.54, 1.807) is 0 Å². The number of alkyl halides is 3. The first-order valence-electron chi connectivity index (χ1n) is 5.16. The Morgan fingerprint density at radius 2 is 1.89 bits per heavy atom. The predicted molar refractivity (Wildman–Crippen MR) is 58.1 cm³/mol. The van der Waals surface area contributed by atoms with Crippen LogP contribution in [-0.2, 0) is 0 Å². The highest BCUT2D eigenvalue weighted by Gasteiger charge is 2.26. The molecule has 0 amide bonds. The van der Waals surface area contributed by atoms with E-state index < -0.39 is 18.4 Å². The number of halogens is 4. The summed E-state index contributed by atoms with van der Waals surface area (Å²) >= 11 is 0. The Kier molecular flexibility index (Phi) is 4.63. The van der Waals surface area contributed by atoms with Gasteiger partial charge in [-0.1, -0.05) is 0 Å². The molecule has 0 saturated carbocycles. The van der Waals surface area contributed by atoms with Gasteiger partial charge in [0.15, 0.2) is 11.6 Å². The lowest BCUT2D eigenvalue weighted by Gasteiger charge is -2.11. The summed E-state index contributed by atoms with van der Waals surface area (Å²) in [6.45, 7) is -0.154. The van der Waals surface area contributed by atoms with E-state index in [4.69, 9.17) is 15.2 Å². The second-order valence-electron chi connectivity index (χ2n) is 3.59. The summed E-state index contributed by atoms with van der Waals surface area (Å²) in [4.78, 5) is 0. The van der Waals surface area contributed by atoms with Gasteiger partial charge in [-0.2, -0.15) is 13.2 Å². The lowest BCUT2D eigenvalue weighted by molar-refractivity contribution is -0.136. The van der Waals surface area contributed by atoms with Crippen molar-refractivity contribution >= 4 is 5.69 Å². The Morgan fingerprint density at radius 1 is 1.22 bits per heavy atom. The Morgan fingerprint density at radius 3 is 2.44 bits per heavy atom. The zero-order valence-corrected chi connectivity index (χ0v) is 9.68. The van der Waals surface area contributed by atoms with Crippen LogP contribution in [0.25, 0.3) is 0 Å². The van der Waals surface area contributed by atoms with Crippen LogP contribution in [0.15, 0.2) is 12.1 Å². The molecule has 7 heteroatoms. The normalized spacial score (nSPS) is 11.4. The molecule has 1 aromatic rings. The second kappa shape index (κ2) is 5.79. The van der Waals surface area contributed by atoms with Crippen LogP contribution in [0.5, 0.6) is 11.5 Å². The Balaban J connectivity index is 2.57. The van der Waals surface area contributed by atoms with E-state index in [0.717, 1.165) is 6.07 Å². The van der Waals surface area contributed by atoms with Gasteiger partial charge in [-0.15, -0.1) is 0 Å². The summed E-state index contributed by atoms with van der Waals surface area (Å²) in [5.74, 6) is -0.622. The first-order chi connectivity index (χ1) is 8.33. The molecule has 0 unspecified atom stereocenters. The third-order valence-electron chi connectivity index (χ3n) is 2.15. The van der Waals surface area contributed by atoms with Crippen LogP contribution in [0.4, 0.5) is 23.2 Å². The summed E-state index contributed by atoms with van der Waals surface area (Å²) in [5.41, 5.74) is 5.48. The molecule has 0 saturated heterocycles. The van der Waals surface area contributed by atoms with Gasteiger partial charge in [-0.3, -0.25) is 0 Å². The largest absolute Gasteiger partial charge is 0.494 e. The Bertz CT molecular complexity index is 407. The van der Waals surface area contributed by atoms with Crippen molar-refractivity contribution in [2.24, 2.45) is 0 Å². The fourth-order valence-electron chi connectivity index (χ4n) is 1.29. The molecule has 18 heavy (non-hydrogen) atoms. The van der Waals surface area contributed by atoms with Gasteiger partial charge in [-0.25, -0.2) is 4.39 Å². The maximum Gasteiger partial charge on any atom is 0.389 e. The Labute approximate surface area is 101 Å². The maximum atomic E-state index is 13.2. The predicted octanol–water partition coefficient (Wildman–Crippen LogP) is 3.14. The average molecular weight is 267 g/mol. The van der Waals surface area contributed by atoms with E-state index in [0.29, 0.717) is 0 Å². The fraction of sp³-hybridized carbons (Fsp3) is 0.455. The van der Waals surface area contributed by atoms with Crippen molar-refractivity contribution in [1.82, 2.24) is 0 Å². The van der Waals surface area contributed by atoms with Gasteiger partial charge in [-0.05, 0) is 6.42 Å². The lowest BCUT2D eigenvalue weighted by Crippen LogP contribution is -2.10. The highest BCUT2D eigenvalue weighted by Crippen LogP contribution is 2.30. The summed E-state index contributed by atoms with van der Waals surface area (Å²) < 4.78 is 58.6. The molecule has 0 bridgehead atoms. The van der Waals surface area contributed by atoms with Gasteiger partial charge in [0.25, 0.3) is 0 Å². The molecular weight excluding hydrogens is 254 g/mol. The van der Waals surface area contributed by atoms with Gasteiger partial charge in [0.1, 0.15) is 5.75 Å². The zero-order valence-electron chi connectivity index (χ0n) is 9.68. The molecule has 102 valence electrons. The average Bonchev–Trinajstić information content (AvgIpc) is 2.25. The summed E-state index contributed by atoms with van der Waals surface area (Å²) in [6.07, 6.45) is -5.34. The van der Waals surface area contributed by atoms with Crippen molar-refractivity contribution in [3.63, 3.8) is 0 Å². The molecule has 0 radical (unpaired) electrons. The first-order valence-corrected chi connectivity index (χ1v) is 5.16. The molecule has 0 aliphatic carbocycles. The molecule has 1 rings (SSSR count). The van der Waals surface area contributed by atoms with Crippen molar-refractivity contribution < 1.29 is 27.0 Å². The number of rotatable bonds is 5. The van der Waals surface area contributed by atoms with Crippen molar-refractivity contribution in [1.29, 1.82) is 0 Å². The van der Waals surface area contributed by atoms with Crippen LogP contribution < -0.4 is 15.2 Å². The Hall–Kier alpha value is -1.66.